The smallest absolute Gasteiger partial charge is 0.240 e. The van der Waals surface area contributed by atoms with Gasteiger partial charge in [0.1, 0.15) is 5.82 Å². The van der Waals surface area contributed by atoms with Crippen LogP contribution in [0.4, 0.5) is 4.39 Å². The molecule has 4 nitrogen and oxygen atoms in total. The molecule has 1 amide bonds. The Morgan fingerprint density at radius 2 is 2.15 bits per heavy atom. The quantitative estimate of drug-likeness (QED) is 0.880. The number of nitrogens with zero attached hydrogens (tertiary/aromatic N) is 1. The summed E-state index contributed by atoms with van der Waals surface area (Å²) in [4.78, 5) is 14.1. The monoisotopic (exact) mass is 279 g/mol. The third-order valence-electron chi connectivity index (χ3n) is 3.94. The number of amides is 1. The summed E-state index contributed by atoms with van der Waals surface area (Å²) in [5, 5.41) is 2.86. The van der Waals surface area contributed by atoms with Gasteiger partial charge in [0.05, 0.1) is 11.6 Å². The molecule has 1 aromatic rings. The lowest BCUT2D eigenvalue weighted by Crippen LogP contribution is -2.64. The third-order valence-corrected chi connectivity index (χ3v) is 3.94. The van der Waals surface area contributed by atoms with Crippen LogP contribution in [0.15, 0.2) is 24.3 Å². The van der Waals surface area contributed by atoms with Crippen molar-refractivity contribution in [2.24, 2.45) is 5.73 Å². The Labute approximate surface area is 119 Å². The van der Waals surface area contributed by atoms with Gasteiger partial charge < -0.3 is 11.1 Å². The van der Waals surface area contributed by atoms with Crippen LogP contribution in [-0.4, -0.2) is 35.5 Å². The van der Waals surface area contributed by atoms with Crippen LogP contribution in [0.25, 0.3) is 0 Å². The van der Waals surface area contributed by atoms with E-state index in [0.717, 1.165) is 5.56 Å². The number of rotatable bonds is 3. The van der Waals surface area contributed by atoms with Crippen molar-refractivity contribution in [1.29, 1.82) is 0 Å². The summed E-state index contributed by atoms with van der Waals surface area (Å²) in [5.74, 6) is -0.307. The van der Waals surface area contributed by atoms with E-state index in [4.69, 9.17) is 5.73 Å². The standard InChI is InChI=1S/C15H22FN3O/c1-10(17)13(11-5-4-6-12(16)9-11)19-8-7-18-14(20)15(19,2)3/h4-6,9-10,13H,7-8,17H2,1-3H3,(H,18,20). The first kappa shape index (κ1) is 14.9. The SMILES string of the molecule is CC(N)C(c1cccc(F)c1)N1CCNC(=O)C1(C)C. The van der Waals surface area contributed by atoms with Gasteiger partial charge in [0.2, 0.25) is 5.91 Å². The highest BCUT2D eigenvalue weighted by Gasteiger charge is 2.42. The molecule has 5 heteroatoms. The van der Waals surface area contributed by atoms with E-state index in [9.17, 15) is 9.18 Å². The molecule has 2 atom stereocenters. The van der Waals surface area contributed by atoms with Gasteiger partial charge in [-0.3, -0.25) is 9.69 Å². The molecule has 0 spiro atoms. The number of hydrogen-bond donors (Lipinski definition) is 2. The van der Waals surface area contributed by atoms with E-state index in [1.807, 2.05) is 26.8 Å². The van der Waals surface area contributed by atoms with Gasteiger partial charge >= 0.3 is 0 Å². The molecule has 0 saturated carbocycles. The number of carbonyl (C=O) groups is 1. The molecular formula is C15H22FN3O. The molecule has 2 rings (SSSR count). The largest absolute Gasteiger partial charge is 0.353 e. The van der Waals surface area contributed by atoms with Gasteiger partial charge in [-0.1, -0.05) is 12.1 Å². The molecule has 110 valence electrons. The second kappa shape index (κ2) is 5.50. The predicted molar refractivity (Wildman–Crippen MR) is 76.6 cm³/mol. The van der Waals surface area contributed by atoms with E-state index in [1.54, 1.807) is 6.07 Å². The van der Waals surface area contributed by atoms with Crippen molar-refractivity contribution in [2.75, 3.05) is 13.1 Å². The minimum absolute atomic E-state index is 0.0224. The number of hydrogen-bond acceptors (Lipinski definition) is 3. The molecule has 1 saturated heterocycles. The Morgan fingerprint density at radius 3 is 2.75 bits per heavy atom. The molecule has 1 aromatic carbocycles. The van der Waals surface area contributed by atoms with Crippen LogP contribution in [-0.2, 0) is 4.79 Å². The molecule has 1 aliphatic rings. The average Bonchev–Trinajstić information content (AvgIpc) is 2.35. The molecule has 3 N–H and O–H groups in total. The Kier molecular flexibility index (Phi) is 4.11. The second-order valence-electron chi connectivity index (χ2n) is 5.87. The number of piperazine rings is 1. The molecule has 0 aliphatic carbocycles. The maximum absolute atomic E-state index is 13.5. The van der Waals surface area contributed by atoms with E-state index < -0.39 is 5.54 Å². The highest BCUT2D eigenvalue weighted by molar-refractivity contribution is 5.86. The number of carbonyl (C=O) groups excluding carboxylic acids is 1. The summed E-state index contributed by atoms with van der Waals surface area (Å²) in [7, 11) is 0. The molecule has 0 aromatic heterocycles. The van der Waals surface area contributed by atoms with Gasteiger partial charge in [0, 0.05) is 19.1 Å². The number of nitrogens with two attached hydrogens (primary N) is 1. The lowest BCUT2D eigenvalue weighted by molar-refractivity contribution is -0.137. The Hall–Kier alpha value is -1.46. The maximum atomic E-state index is 13.5. The van der Waals surface area contributed by atoms with Crippen molar-refractivity contribution >= 4 is 5.91 Å². The summed E-state index contributed by atoms with van der Waals surface area (Å²) >= 11 is 0. The summed E-state index contributed by atoms with van der Waals surface area (Å²) in [6, 6.07) is 6.05. The van der Waals surface area contributed by atoms with Crippen molar-refractivity contribution in [3.63, 3.8) is 0 Å². The Balaban J connectivity index is 2.40. The van der Waals surface area contributed by atoms with Crippen LogP contribution >= 0.6 is 0 Å². The van der Waals surface area contributed by atoms with Gasteiger partial charge in [-0.25, -0.2) is 4.39 Å². The predicted octanol–water partition coefficient (Wildman–Crippen LogP) is 1.42. The van der Waals surface area contributed by atoms with Gasteiger partial charge in [-0.2, -0.15) is 0 Å². The van der Waals surface area contributed by atoms with Crippen LogP contribution in [0, 0.1) is 5.82 Å². The van der Waals surface area contributed by atoms with Gasteiger partial charge in [0.15, 0.2) is 0 Å². The Bertz CT molecular complexity index is 502. The fourth-order valence-corrected chi connectivity index (χ4v) is 2.86. The lowest BCUT2D eigenvalue weighted by atomic mass is 9.90. The average molecular weight is 279 g/mol. The van der Waals surface area contributed by atoms with Crippen LogP contribution in [0.1, 0.15) is 32.4 Å². The zero-order valence-corrected chi connectivity index (χ0v) is 12.2. The number of benzene rings is 1. The van der Waals surface area contributed by atoms with E-state index in [1.165, 1.54) is 12.1 Å². The minimum Gasteiger partial charge on any atom is -0.353 e. The van der Waals surface area contributed by atoms with Crippen LogP contribution < -0.4 is 11.1 Å². The first-order valence-electron chi connectivity index (χ1n) is 6.90. The van der Waals surface area contributed by atoms with E-state index in [0.29, 0.717) is 13.1 Å². The maximum Gasteiger partial charge on any atom is 0.240 e. The summed E-state index contributed by atoms with van der Waals surface area (Å²) in [6.45, 7) is 6.91. The first-order valence-corrected chi connectivity index (χ1v) is 6.90. The summed E-state index contributed by atoms with van der Waals surface area (Å²) in [5.41, 5.74) is 6.26. The van der Waals surface area contributed by atoms with Gasteiger partial charge in [-0.15, -0.1) is 0 Å². The van der Waals surface area contributed by atoms with Crippen molar-refractivity contribution in [3.05, 3.63) is 35.6 Å². The zero-order valence-electron chi connectivity index (χ0n) is 12.2. The molecule has 1 fully saturated rings. The number of nitrogens with one attached hydrogen (secondary N) is 1. The van der Waals surface area contributed by atoms with Gasteiger partial charge in [0.25, 0.3) is 0 Å². The van der Waals surface area contributed by atoms with Crippen molar-refractivity contribution in [2.45, 2.75) is 38.4 Å². The fourth-order valence-electron chi connectivity index (χ4n) is 2.86. The second-order valence-corrected chi connectivity index (χ2v) is 5.87. The molecule has 2 unspecified atom stereocenters. The highest BCUT2D eigenvalue weighted by Crippen LogP contribution is 2.32. The highest BCUT2D eigenvalue weighted by atomic mass is 19.1. The van der Waals surface area contributed by atoms with Gasteiger partial charge in [-0.05, 0) is 38.5 Å². The van der Waals surface area contributed by atoms with E-state index in [-0.39, 0.29) is 23.8 Å². The molecule has 0 radical (unpaired) electrons. The normalized spacial score (nSPS) is 22.1. The van der Waals surface area contributed by atoms with Crippen molar-refractivity contribution in [3.8, 4) is 0 Å². The molecule has 0 bridgehead atoms. The first-order chi connectivity index (χ1) is 9.34. The van der Waals surface area contributed by atoms with E-state index in [2.05, 4.69) is 10.2 Å². The minimum atomic E-state index is -0.664. The summed E-state index contributed by atoms with van der Waals surface area (Å²) < 4.78 is 13.5. The molecule has 1 aliphatic heterocycles. The molecule has 1 heterocycles. The van der Waals surface area contributed by atoms with Crippen LogP contribution in [0.5, 0.6) is 0 Å². The number of halogens is 1. The zero-order chi connectivity index (χ0) is 14.9. The van der Waals surface area contributed by atoms with Crippen molar-refractivity contribution in [1.82, 2.24) is 10.2 Å². The van der Waals surface area contributed by atoms with Crippen LogP contribution in [0.3, 0.4) is 0 Å². The van der Waals surface area contributed by atoms with Crippen LogP contribution in [0.2, 0.25) is 0 Å². The molecular weight excluding hydrogens is 257 g/mol. The van der Waals surface area contributed by atoms with E-state index >= 15 is 0 Å². The molecule has 20 heavy (non-hydrogen) atoms. The topological polar surface area (TPSA) is 58.4 Å². The third kappa shape index (κ3) is 2.69. The van der Waals surface area contributed by atoms with Crippen molar-refractivity contribution < 1.29 is 9.18 Å². The lowest BCUT2D eigenvalue weighted by Gasteiger charge is -2.47. The summed E-state index contributed by atoms with van der Waals surface area (Å²) in [6.07, 6.45) is 0. The Morgan fingerprint density at radius 1 is 1.45 bits per heavy atom. The fraction of sp³-hybridized carbons (Fsp3) is 0.533.